The second-order valence-corrected chi connectivity index (χ2v) is 7.22. The molecule has 0 atom stereocenters. The van der Waals surface area contributed by atoms with Crippen molar-refractivity contribution in [3.8, 4) is 0 Å². The van der Waals surface area contributed by atoms with E-state index in [1.807, 2.05) is 19.9 Å². The van der Waals surface area contributed by atoms with Crippen LogP contribution < -0.4 is 10.6 Å². The number of hydrogen-bond acceptors (Lipinski definition) is 3. The lowest BCUT2D eigenvalue weighted by Crippen LogP contribution is -2.32. The largest absolute Gasteiger partial charge is 0.349 e. The van der Waals surface area contributed by atoms with E-state index >= 15 is 0 Å². The highest BCUT2D eigenvalue weighted by molar-refractivity contribution is 6.34. The third kappa shape index (κ3) is 4.22. The highest BCUT2D eigenvalue weighted by atomic mass is 35.5. The Morgan fingerprint density at radius 2 is 1.69 bits per heavy atom. The summed E-state index contributed by atoms with van der Waals surface area (Å²) in [4.78, 5) is 29.0. The number of anilines is 1. The van der Waals surface area contributed by atoms with Gasteiger partial charge in [0.2, 0.25) is 0 Å². The minimum atomic E-state index is -0.345. The fourth-order valence-electron chi connectivity index (χ4n) is 3.29. The molecule has 1 aromatic carbocycles. The first kappa shape index (κ1) is 18.4. The van der Waals surface area contributed by atoms with Crippen LogP contribution in [0.3, 0.4) is 0 Å². The zero-order valence-corrected chi connectivity index (χ0v) is 15.7. The number of nitrogens with zero attached hydrogens (tertiary/aromatic N) is 1. The predicted octanol–water partition coefficient (Wildman–Crippen LogP) is 4.28. The normalized spacial score (nSPS) is 14.3. The lowest BCUT2D eigenvalue weighted by atomic mass is 10.1. The first-order valence-corrected chi connectivity index (χ1v) is 9.16. The van der Waals surface area contributed by atoms with Gasteiger partial charge >= 0.3 is 0 Å². The molecule has 0 radical (unpaired) electrons. The molecule has 5 nitrogen and oxygen atoms in total. The second-order valence-electron chi connectivity index (χ2n) is 6.81. The molecule has 1 aromatic heterocycles. The molecule has 3 rings (SSSR count). The van der Waals surface area contributed by atoms with E-state index in [9.17, 15) is 9.59 Å². The van der Waals surface area contributed by atoms with Crippen LogP contribution >= 0.6 is 11.6 Å². The van der Waals surface area contributed by atoms with E-state index in [0.29, 0.717) is 21.8 Å². The molecule has 1 aliphatic carbocycles. The van der Waals surface area contributed by atoms with Gasteiger partial charge in [-0.15, -0.1) is 0 Å². The van der Waals surface area contributed by atoms with E-state index in [1.54, 1.807) is 12.1 Å². The van der Waals surface area contributed by atoms with Crippen molar-refractivity contribution >= 4 is 29.1 Å². The van der Waals surface area contributed by atoms with Gasteiger partial charge in [0.1, 0.15) is 0 Å². The molecule has 26 heavy (non-hydrogen) atoms. The zero-order chi connectivity index (χ0) is 18.7. The number of nitrogens with one attached hydrogen (secondary N) is 2. The maximum atomic E-state index is 12.6. The Morgan fingerprint density at radius 1 is 1.04 bits per heavy atom. The minimum absolute atomic E-state index is 0.191. The number of rotatable bonds is 4. The lowest BCUT2D eigenvalue weighted by Gasteiger charge is -2.13. The first-order chi connectivity index (χ1) is 12.4. The van der Waals surface area contributed by atoms with Gasteiger partial charge in [-0.05, 0) is 49.9 Å². The number of aromatic nitrogens is 1. The van der Waals surface area contributed by atoms with Crippen LogP contribution in [0.15, 0.2) is 30.6 Å². The molecule has 0 bridgehead atoms. The van der Waals surface area contributed by atoms with Crippen molar-refractivity contribution in [2.75, 3.05) is 5.32 Å². The standard InChI is InChI=1S/C20H22ClN3O2/c1-12-7-13(2)18(17(21)8-12)24-20(26)15-9-14(10-22-11-15)19(25)23-16-5-3-4-6-16/h7-11,16H,3-6H2,1-2H3,(H,23,25)(H,24,26). The predicted molar refractivity (Wildman–Crippen MR) is 103 cm³/mol. The highest BCUT2D eigenvalue weighted by Crippen LogP contribution is 2.27. The maximum absolute atomic E-state index is 12.6. The van der Waals surface area contributed by atoms with Crippen molar-refractivity contribution < 1.29 is 9.59 Å². The van der Waals surface area contributed by atoms with Crippen LogP contribution in [0.2, 0.25) is 5.02 Å². The second kappa shape index (κ2) is 7.87. The summed E-state index contributed by atoms with van der Waals surface area (Å²) in [6, 6.07) is 5.53. The van der Waals surface area contributed by atoms with Gasteiger partial charge in [0.15, 0.2) is 0 Å². The van der Waals surface area contributed by atoms with Gasteiger partial charge in [-0.25, -0.2) is 0 Å². The van der Waals surface area contributed by atoms with Crippen molar-refractivity contribution in [1.29, 1.82) is 0 Å². The Balaban J connectivity index is 1.75. The Kier molecular flexibility index (Phi) is 5.57. The van der Waals surface area contributed by atoms with Crippen molar-refractivity contribution in [3.63, 3.8) is 0 Å². The topological polar surface area (TPSA) is 71.1 Å². The van der Waals surface area contributed by atoms with Gasteiger partial charge in [-0.1, -0.05) is 30.5 Å². The first-order valence-electron chi connectivity index (χ1n) is 8.78. The summed E-state index contributed by atoms with van der Waals surface area (Å²) in [6.45, 7) is 3.83. The maximum Gasteiger partial charge on any atom is 0.257 e. The summed E-state index contributed by atoms with van der Waals surface area (Å²) < 4.78 is 0. The third-order valence-electron chi connectivity index (χ3n) is 4.62. The summed E-state index contributed by atoms with van der Waals surface area (Å²) >= 11 is 6.25. The molecule has 2 aromatic rings. The number of carbonyl (C=O) groups excluding carboxylic acids is 2. The van der Waals surface area contributed by atoms with Crippen LogP contribution in [0.1, 0.15) is 57.5 Å². The number of carbonyl (C=O) groups is 2. The average molecular weight is 372 g/mol. The SMILES string of the molecule is Cc1cc(C)c(NC(=O)c2cncc(C(=O)NC3CCCC3)c2)c(Cl)c1. The Labute approximate surface area is 158 Å². The molecule has 0 spiro atoms. The summed E-state index contributed by atoms with van der Waals surface area (Å²) in [5, 5.41) is 6.31. The number of hydrogen-bond donors (Lipinski definition) is 2. The molecule has 0 unspecified atom stereocenters. The Morgan fingerprint density at radius 3 is 2.35 bits per heavy atom. The summed E-state index contributed by atoms with van der Waals surface area (Å²) in [6.07, 6.45) is 7.21. The van der Waals surface area contributed by atoms with E-state index in [-0.39, 0.29) is 17.9 Å². The number of aryl methyl sites for hydroxylation is 2. The van der Waals surface area contributed by atoms with Crippen molar-refractivity contribution in [2.24, 2.45) is 0 Å². The van der Waals surface area contributed by atoms with Gasteiger partial charge in [-0.3, -0.25) is 14.6 Å². The average Bonchev–Trinajstić information content (AvgIpc) is 3.11. The molecule has 2 amide bonds. The molecule has 1 saturated carbocycles. The quantitative estimate of drug-likeness (QED) is 0.842. The van der Waals surface area contributed by atoms with Crippen LogP contribution in [0.4, 0.5) is 5.69 Å². The molecule has 2 N–H and O–H groups in total. The van der Waals surface area contributed by atoms with Crippen molar-refractivity contribution in [1.82, 2.24) is 10.3 Å². The van der Waals surface area contributed by atoms with Gasteiger partial charge in [0, 0.05) is 18.4 Å². The molecular formula is C20H22ClN3O2. The molecule has 6 heteroatoms. The van der Waals surface area contributed by atoms with Crippen LogP contribution in [-0.4, -0.2) is 22.8 Å². The summed E-state index contributed by atoms with van der Waals surface area (Å²) in [5.74, 6) is -0.537. The van der Waals surface area contributed by atoms with E-state index in [0.717, 1.165) is 36.8 Å². The number of pyridine rings is 1. The van der Waals surface area contributed by atoms with Crippen LogP contribution in [0, 0.1) is 13.8 Å². The van der Waals surface area contributed by atoms with E-state index in [4.69, 9.17) is 11.6 Å². The number of halogens is 1. The molecule has 1 fully saturated rings. The molecule has 0 aliphatic heterocycles. The van der Waals surface area contributed by atoms with Crippen LogP contribution in [-0.2, 0) is 0 Å². The van der Waals surface area contributed by atoms with Gasteiger partial charge in [0.25, 0.3) is 11.8 Å². The fourth-order valence-corrected chi connectivity index (χ4v) is 3.66. The van der Waals surface area contributed by atoms with Crippen LogP contribution in [0.5, 0.6) is 0 Å². The zero-order valence-electron chi connectivity index (χ0n) is 14.9. The van der Waals surface area contributed by atoms with Crippen LogP contribution in [0.25, 0.3) is 0 Å². The van der Waals surface area contributed by atoms with Crippen molar-refractivity contribution in [2.45, 2.75) is 45.6 Å². The monoisotopic (exact) mass is 371 g/mol. The van der Waals surface area contributed by atoms with Crippen molar-refractivity contribution in [3.05, 3.63) is 57.9 Å². The highest BCUT2D eigenvalue weighted by Gasteiger charge is 2.19. The van der Waals surface area contributed by atoms with E-state index in [2.05, 4.69) is 15.6 Å². The van der Waals surface area contributed by atoms with E-state index < -0.39 is 0 Å². The molecule has 0 saturated heterocycles. The van der Waals surface area contributed by atoms with E-state index in [1.165, 1.54) is 12.4 Å². The third-order valence-corrected chi connectivity index (χ3v) is 4.92. The van der Waals surface area contributed by atoms with Gasteiger partial charge in [0.05, 0.1) is 21.8 Å². The Hall–Kier alpha value is -2.40. The minimum Gasteiger partial charge on any atom is -0.349 e. The Bertz CT molecular complexity index is 822. The molecular weight excluding hydrogens is 350 g/mol. The van der Waals surface area contributed by atoms with Gasteiger partial charge in [-0.2, -0.15) is 0 Å². The lowest BCUT2D eigenvalue weighted by molar-refractivity contribution is 0.0937. The smallest absolute Gasteiger partial charge is 0.257 e. The number of amides is 2. The fraction of sp³-hybridized carbons (Fsp3) is 0.350. The summed E-state index contributed by atoms with van der Waals surface area (Å²) in [7, 11) is 0. The molecule has 1 heterocycles. The number of benzene rings is 1. The molecule has 136 valence electrons. The molecule has 1 aliphatic rings. The summed E-state index contributed by atoms with van der Waals surface area (Å²) in [5.41, 5.74) is 3.18. The van der Waals surface area contributed by atoms with Gasteiger partial charge < -0.3 is 10.6 Å².